The summed E-state index contributed by atoms with van der Waals surface area (Å²) < 4.78 is 25.7. The Kier molecular flexibility index (Phi) is 3.37. The third-order valence-corrected chi connectivity index (χ3v) is 1.86. The number of hydrogen-bond acceptors (Lipinski definition) is 1. The zero-order chi connectivity index (χ0) is 9.84. The largest absolute Gasteiger partial charge is 0.393 e. The van der Waals surface area contributed by atoms with Gasteiger partial charge in [-0.25, -0.2) is 8.78 Å². The van der Waals surface area contributed by atoms with Crippen LogP contribution in [0.25, 0.3) is 0 Å². The molecule has 1 atom stereocenters. The maximum atomic E-state index is 13.0. The van der Waals surface area contributed by atoms with Crippen molar-refractivity contribution in [2.24, 2.45) is 0 Å². The first-order chi connectivity index (χ1) is 6.11. The van der Waals surface area contributed by atoms with Crippen molar-refractivity contribution in [3.05, 3.63) is 35.4 Å². The molecular formula is C10H12F2O. The molecule has 3 heteroatoms. The summed E-state index contributed by atoms with van der Waals surface area (Å²) in [4.78, 5) is 0. The van der Waals surface area contributed by atoms with Crippen molar-refractivity contribution in [3.63, 3.8) is 0 Å². The quantitative estimate of drug-likeness (QED) is 0.767. The van der Waals surface area contributed by atoms with Gasteiger partial charge in [-0.3, -0.25) is 0 Å². The normalized spacial score (nSPS) is 12.9. The SMILES string of the molecule is C[C@@H](O)CCc1cccc(F)c1F. The molecule has 1 rings (SSSR count). The van der Waals surface area contributed by atoms with Gasteiger partial charge in [-0.05, 0) is 31.4 Å². The van der Waals surface area contributed by atoms with Crippen molar-refractivity contribution < 1.29 is 13.9 Å². The summed E-state index contributed by atoms with van der Waals surface area (Å²) >= 11 is 0. The fourth-order valence-corrected chi connectivity index (χ4v) is 1.11. The van der Waals surface area contributed by atoms with Crippen LogP contribution in [0.15, 0.2) is 18.2 Å². The highest BCUT2D eigenvalue weighted by atomic mass is 19.2. The standard InChI is InChI=1S/C10H12F2O/c1-7(13)5-6-8-3-2-4-9(11)10(8)12/h2-4,7,13H,5-6H2,1H3/t7-/m1/s1. The number of benzene rings is 1. The fraction of sp³-hybridized carbons (Fsp3) is 0.400. The Morgan fingerprint density at radius 1 is 1.38 bits per heavy atom. The second-order valence-corrected chi connectivity index (χ2v) is 3.10. The van der Waals surface area contributed by atoms with Gasteiger partial charge >= 0.3 is 0 Å². The number of aliphatic hydroxyl groups is 1. The van der Waals surface area contributed by atoms with Gasteiger partial charge in [-0.2, -0.15) is 0 Å². The van der Waals surface area contributed by atoms with Gasteiger partial charge in [0.2, 0.25) is 0 Å². The minimum absolute atomic E-state index is 0.320. The third-order valence-electron chi connectivity index (χ3n) is 1.86. The van der Waals surface area contributed by atoms with Crippen LogP contribution in [0, 0.1) is 11.6 Å². The van der Waals surface area contributed by atoms with E-state index in [1.807, 2.05) is 0 Å². The molecule has 0 aliphatic rings. The zero-order valence-electron chi connectivity index (χ0n) is 7.43. The van der Waals surface area contributed by atoms with Crippen LogP contribution < -0.4 is 0 Å². The number of aliphatic hydroxyl groups excluding tert-OH is 1. The molecule has 0 unspecified atom stereocenters. The zero-order valence-corrected chi connectivity index (χ0v) is 7.43. The van der Waals surface area contributed by atoms with Crippen LogP contribution in [-0.2, 0) is 6.42 Å². The summed E-state index contributed by atoms with van der Waals surface area (Å²) in [5.74, 6) is -1.63. The van der Waals surface area contributed by atoms with Crippen LogP contribution >= 0.6 is 0 Å². The van der Waals surface area contributed by atoms with Gasteiger partial charge in [0.25, 0.3) is 0 Å². The number of halogens is 2. The molecule has 0 radical (unpaired) electrons. The van der Waals surface area contributed by atoms with Crippen molar-refractivity contribution >= 4 is 0 Å². The van der Waals surface area contributed by atoms with Crippen molar-refractivity contribution in [2.45, 2.75) is 25.9 Å². The lowest BCUT2D eigenvalue weighted by molar-refractivity contribution is 0.184. The third kappa shape index (κ3) is 2.77. The van der Waals surface area contributed by atoms with E-state index in [1.165, 1.54) is 12.1 Å². The molecular weight excluding hydrogens is 174 g/mol. The molecule has 1 nitrogen and oxygen atoms in total. The summed E-state index contributed by atoms with van der Waals surface area (Å²) in [5.41, 5.74) is 0.320. The maximum absolute atomic E-state index is 13.0. The summed E-state index contributed by atoms with van der Waals surface area (Å²) in [6.07, 6.45) is 0.324. The number of aryl methyl sites for hydroxylation is 1. The molecule has 0 saturated carbocycles. The molecule has 72 valence electrons. The van der Waals surface area contributed by atoms with E-state index in [0.29, 0.717) is 18.4 Å². The fourth-order valence-electron chi connectivity index (χ4n) is 1.11. The van der Waals surface area contributed by atoms with Crippen molar-refractivity contribution in [1.82, 2.24) is 0 Å². The van der Waals surface area contributed by atoms with Gasteiger partial charge in [0, 0.05) is 0 Å². The Morgan fingerprint density at radius 2 is 2.08 bits per heavy atom. The highest BCUT2D eigenvalue weighted by Gasteiger charge is 2.07. The lowest BCUT2D eigenvalue weighted by Crippen LogP contribution is -2.03. The van der Waals surface area contributed by atoms with Crippen LogP contribution in [0.5, 0.6) is 0 Å². The minimum Gasteiger partial charge on any atom is -0.393 e. The smallest absolute Gasteiger partial charge is 0.162 e. The van der Waals surface area contributed by atoms with Gasteiger partial charge in [0.1, 0.15) is 0 Å². The van der Waals surface area contributed by atoms with Gasteiger partial charge in [0.15, 0.2) is 11.6 Å². The Morgan fingerprint density at radius 3 is 2.69 bits per heavy atom. The van der Waals surface area contributed by atoms with Gasteiger partial charge in [0.05, 0.1) is 6.10 Å². The first-order valence-corrected chi connectivity index (χ1v) is 4.22. The lowest BCUT2D eigenvalue weighted by Gasteiger charge is -2.05. The summed E-state index contributed by atoms with van der Waals surface area (Å²) in [5, 5.41) is 8.96. The summed E-state index contributed by atoms with van der Waals surface area (Å²) in [6, 6.07) is 4.08. The monoisotopic (exact) mass is 186 g/mol. The Hall–Kier alpha value is -0.960. The topological polar surface area (TPSA) is 20.2 Å². The molecule has 0 aliphatic carbocycles. The van der Waals surface area contributed by atoms with E-state index in [-0.39, 0.29) is 0 Å². The van der Waals surface area contributed by atoms with Gasteiger partial charge < -0.3 is 5.11 Å². The molecule has 0 spiro atoms. The predicted molar refractivity (Wildman–Crippen MR) is 46.4 cm³/mol. The number of rotatable bonds is 3. The Labute approximate surface area is 76.0 Å². The Bertz CT molecular complexity index is 284. The molecule has 0 amide bonds. The van der Waals surface area contributed by atoms with Crippen LogP contribution in [0.1, 0.15) is 18.9 Å². The highest BCUT2D eigenvalue weighted by Crippen LogP contribution is 2.13. The maximum Gasteiger partial charge on any atom is 0.162 e. The van der Waals surface area contributed by atoms with Crippen molar-refractivity contribution in [2.75, 3.05) is 0 Å². The van der Waals surface area contributed by atoms with Crippen molar-refractivity contribution in [3.8, 4) is 0 Å². The van der Waals surface area contributed by atoms with E-state index in [1.54, 1.807) is 6.92 Å². The van der Waals surface area contributed by atoms with Crippen LogP contribution in [0.2, 0.25) is 0 Å². The molecule has 1 N–H and O–H groups in total. The van der Waals surface area contributed by atoms with Crippen LogP contribution in [-0.4, -0.2) is 11.2 Å². The first kappa shape index (κ1) is 10.1. The first-order valence-electron chi connectivity index (χ1n) is 4.22. The Balaban J connectivity index is 2.71. The molecule has 13 heavy (non-hydrogen) atoms. The molecule has 0 saturated heterocycles. The molecule has 0 fully saturated rings. The predicted octanol–water partition coefficient (Wildman–Crippen LogP) is 2.28. The van der Waals surface area contributed by atoms with E-state index in [0.717, 1.165) is 6.07 Å². The minimum atomic E-state index is -0.830. The van der Waals surface area contributed by atoms with E-state index in [4.69, 9.17) is 5.11 Å². The lowest BCUT2D eigenvalue weighted by atomic mass is 10.1. The molecule has 1 aromatic rings. The van der Waals surface area contributed by atoms with Crippen molar-refractivity contribution in [1.29, 1.82) is 0 Å². The second kappa shape index (κ2) is 4.33. The van der Waals surface area contributed by atoms with Crippen LogP contribution in [0.3, 0.4) is 0 Å². The molecule has 0 bridgehead atoms. The van der Waals surface area contributed by atoms with Gasteiger partial charge in [-0.15, -0.1) is 0 Å². The highest BCUT2D eigenvalue weighted by molar-refractivity contribution is 5.18. The van der Waals surface area contributed by atoms with Gasteiger partial charge in [-0.1, -0.05) is 12.1 Å². The van der Waals surface area contributed by atoms with Crippen LogP contribution in [0.4, 0.5) is 8.78 Å². The number of hydrogen-bond donors (Lipinski definition) is 1. The molecule has 0 aromatic heterocycles. The van der Waals surface area contributed by atoms with E-state index in [9.17, 15) is 8.78 Å². The summed E-state index contributed by atoms with van der Waals surface area (Å²) in [7, 11) is 0. The molecule has 0 heterocycles. The average molecular weight is 186 g/mol. The van der Waals surface area contributed by atoms with E-state index in [2.05, 4.69) is 0 Å². The summed E-state index contributed by atoms with van der Waals surface area (Å²) in [6.45, 7) is 1.62. The molecule has 1 aromatic carbocycles. The average Bonchev–Trinajstić information content (AvgIpc) is 2.07. The molecule has 0 aliphatic heterocycles. The second-order valence-electron chi connectivity index (χ2n) is 3.10. The van der Waals surface area contributed by atoms with E-state index >= 15 is 0 Å². The van der Waals surface area contributed by atoms with E-state index < -0.39 is 17.7 Å².